The molecule has 1 rings (SSSR count). The first-order valence-electron chi connectivity index (χ1n) is 4.65. The molecule has 0 aromatic carbocycles. The van der Waals surface area contributed by atoms with E-state index in [1.807, 2.05) is 31.3 Å². The molecule has 0 bridgehead atoms. The van der Waals surface area contributed by atoms with E-state index in [0.29, 0.717) is 0 Å². The Bertz CT molecular complexity index is 306. The quantitative estimate of drug-likeness (QED) is 0.460. The van der Waals surface area contributed by atoms with Crippen molar-refractivity contribution in [1.82, 2.24) is 4.90 Å². The van der Waals surface area contributed by atoms with E-state index in [1.165, 1.54) is 0 Å². The van der Waals surface area contributed by atoms with Crippen molar-refractivity contribution in [1.29, 1.82) is 0 Å². The molecule has 0 spiro atoms. The second-order valence-electron chi connectivity index (χ2n) is 4.17. The molecule has 1 aliphatic heterocycles. The molecule has 0 saturated carbocycles. The molecular weight excluding hydrogens is 174 g/mol. The van der Waals surface area contributed by atoms with Crippen molar-refractivity contribution in [2.24, 2.45) is 15.4 Å². The molecule has 0 saturated heterocycles. The molecule has 0 aliphatic carbocycles. The van der Waals surface area contributed by atoms with Crippen LogP contribution in [0.15, 0.2) is 34.4 Å². The Labute approximate surface area is 85.6 Å². The van der Waals surface area contributed by atoms with Crippen LogP contribution >= 0.6 is 0 Å². The second-order valence-corrected chi connectivity index (χ2v) is 4.17. The average Bonchev–Trinajstić information content (AvgIpc) is 2.23. The highest BCUT2D eigenvalue weighted by Crippen LogP contribution is 2.20. The summed E-state index contributed by atoms with van der Waals surface area (Å²) in [5.74, 6) is 0.737. The fourth-order valence-corrected chi connectivity index (χ4v) is 0.945. The molecule has 0 aromatic heterocycles. The number of aliphatic imine (C=N–C) groups is 2. The molecular formula is C11H17N3. The van der Waals surface area contributed by atoms with Crippen LogP contribution in [0.3, 0.4) is 0 Å². The first kappa shape index (κ1) is 10.7. The third-order valence-electron chi connectivity index (χ3n) is 1.79. The molecule has 1 heterocycles. The molecule has 0 aromatic rings. The maximum absolute atomic E-state index is 4.22. The van der Waals surface area contributed by atoms with E-state index in [2.05, 4.69) is 36.0 Å². The molecule has 0 unspecified atom stereocenters. The van der Waals surface area contributed by atoms with Gasteiger partial charge in [-0.1, -0.05) is 26.0 Å². The summed E-state index contributed by atoms with van der Waals surface area (Å²) in [6.07, 6.45) is 9.65. The van der Waals surface area contributed by atoms with Crippen LogP contribution in [0.25, 0.3) is 0 Å². The lowest BCUT2D eigenvalue weighted by molar-refractivity contribution is 0.626. The largest absolute Gasteiger partial charge is 0.369 e. The fraction of sp³-hybridized carbons (Fsp3) is 0.455. The standard InChI is InChI=1S/C11H17N3/c1-11(2)6-5-10(12-8-7-11)13-9-14(3)4/h5-9H,1-4H3. The summed E-state index contributed by atoms with van der Waals surface area (Å²) in [4.78, 5) is 10.3. The predicted octanol–water partition coefficient (Wildman–Crippen LogP) is 2.08. The van der Waals surface area contributed by atoms with Crippen LogP contribution in [-0.2, 0) is 0 Å². The predicted molar refractivity (Wildman–Crippen MR) is 61.7 cm³/mol. The van der Waals surface area contributed by atoms with E-state index in [9.17, 15) is 0 Å². The SMILES string of the molecule is CN(C)C=NC1=NC=CC(C)(C)C=C1. The average molecular weight is 191 g/mol. The van der Waals surface area contributed by atoms with E-state index < -0.39 is 0 Å². The lowest BCUT2D eigenvalue weighted by Gasteiger charge is -2.11. The van der Waals surface area contributed by atoms with E-state index in [-0.39, 0.29) is 5.41 Å². The minimum Gasteiger partial charge on any atom is -0.369 e. The number of amidine groups is 1. The van der Waals surface area contributed by atoms with Gasteiger partial charge in [0.1, 0.15) is 0 Å². The van der Waals surface area contributed by atoms with Gasteiger partial charge >= 0.3 is 0 Å². The van der Waals surface area contributed by atoms with Gasteiger partial charge in [-0.05, 0) is 6.08 Å². The number of hydrogen-bond donors (Lipinski definition) is 0. The van der Waals surface area contributed by atoms with E-state index in [0.717, 1.165) is 5.84 Å². The Morgan fingerprint density at radius 2 is 2.07 bits per heavy atom. The molecule has 0 fully saturated rings. The van der Waals surface area contributed by atoms with Crippen LogP contribution in [-0.4, -0.2) is 31.2 Å². The van der Waals surface area contributed by atoms with Crippen LogP contribution in [0.2, 0.25) is 0 Å². The Hall–Kier alpha value is -1.38. The van der Waals surface area contributed by atoms with Gasteiger partial charge in [-0.25, -0.2) is 9.98 Å². The van der Waals surface area contributed by atoms with Crippen LogP contribution in [0.4, 0.5) is 0 Å². The fourth-order valence-electron chi connectivity index (χ4n) is 0.945. The first-order chi connectivity index (χ1) is 6.49. The molecule has 0 N–H and O–H groups in total. The van der Waals surface area contributed by atoms with Gasteiger partial charge in [0.15, 0.2) is 5.84 Å². The van der Waals surface area contributed by atoms with Gasteiger partial charge in [-0.15, -0.1) is 0 Å². The topological polar surface area (TPSA) is 28.0 Å². The van der Waals surface area contributed by atoms with Gasteiger partial charge in [-0.2, -0.15) is 0 Å². The maximum atomic E-state index is 4.22. The number of hydrogen-bond acceptors (Lipinski definition) is 2. The van der Waals surface area contributed by atoms with Gasteiger partial charge in [0, 0.05) is 25.7 Å². The Morgan fingerprint density at radius 1 is 1.36 bits per heavy atom. The third-order valence-corrected chi connectivity index (χ3v) is 1.79. The highest BCUT2D eigenvalue weighted by atomic mass is 15.1. The summed E-state index contributed by atoms with van der Waals surface area (Å²) in [7, 11) is 3.87. The molecule has 3 nitrogen and oxygen atoms in total. The zero-order valence-electron chi connectivity index (χ0n) is 9.23. The molecule has 76 valence electrons. The third kappa shape index (κ3) is 3.56. The summed E-state index contributed by atoms with van der Waals surface area (Å²) >= 11 is 0. The van der Waals surface area contributed by atoms with Gasteiger partial charge in [0.25, 0.3) is 0 Å². The van der Waals surface area contributed by atoms with Crippen LogP contribution < -0.4 is 0 Å². The molecule has 0 radical (unpaired) electrons. The minimum absolute atomic E-state index is 0.0683. The maximum Gasteiger partial charge on any atom is 0.153 e. The molecule has 1 aliphatic rings. The lowest BCUT2D eigenvalue weighted by Crippen LogP contribution is -2.09. The number of allylic oxidation sites excluding steroid dienone is 2. The Morgan fingerprint density at radius 3 is 2.71 bits per heavy atom. The number of rotatable bonds is 1. The molecule has 0 amide bonds. The normalized spacial score (nSPS) is 19.6. The summed E-state index contributed by atoms with van der Waals surface area (Å²) in [6, 6.07) is 0. The highest BCUT2D eigenvalue weighted by molar-refractivity contribution is 5.98. The monoisotopic (exact) mass is 191 g/mol. The molecule has 3 heteroatoms. The van der Waals surface area contributed by atoms with Gasteiger partial charge in [-0.3, -0.25) is 0 Å². The Balaban J connectivity index is 2.75. The van der Waals surface area contributed by atoms with Crippen molar-refractivity contribution in [3.63, 3.8) is 0 Å². The van der Waals surface area contributed by atoms with E-state index in [1.54, 1.807) is 6.34 Å². The van der Waals surface area contributed by atoms with Crippen LogP contribution in [0, 0.1) is 5.41 Å². The van der Waals surface area contributed by atoms with Crippen molar-refractivity contribution in [2.75, 3.05) is 14.1 Å². The second kappa shape index (κ2) is 4.22. The minimum atomic E-state index is 0.0683. The van der Waals surface area contributed by atoms with E-state index in [4.69, 9.17) is 0 Å². The molecule has 14 heavy (non-hydrogen) atoms. The Kier molecular flexibility index (Phi) is 3.23. The zero-order valence-corrected chi connectivity index (χ0v) is 9.23. The van der Waals surface area contributed by atoms with Crippen LogP contribution in [0.1, 0.15) is 13.8 Å². The molecule has 0 atom stereocenters. The smallest absolute Gasteiger partial charge is 0.153 e. The van der Waals surface area contributed by atoms with Crippen molar-refractivity contribution in [2.45, 2.75) is 13.8 Å². The highest BCUT2D eigenvalue weighted by Gasteiger charge is 2.10. The van der Waals surface area contributed by atoms with E-state index >= 15 is 0 Å². The summed E-state index contributed by atoms with van der Waals surface area (Å²) < 4.78 is 0. The van der Waals surface area contributed by atoms with Crippen molar-refractivity contribution in [3.05, 3.63) is 24.4 Å². The van der Waals surface area contributed by atoms with Gasteiger partial charge < -0.3 is 4.90 Å². The lowest BCUT2D eigenvalue weighted by atomic mass is 9.93. The first-order valence-corrected chi connectivity index (χ1v) is 4.65. The number of nitrogens with zero attached hydrogens (tertiary/aromatic N) is 3. The van der Waals surface area contributed by atoms with Crippen LogP contribution in [0.5, 0.6) is 0 Å². The summed E-state index contributed by atoms with van der Waals surface area (Å²) in [6.45, 7) is 4.27. The summed E-state index contributed by atoms with van der Waals surface area (Å²) in [5.41, 5.74) is 0.0683. The van der Waals surface area contributed by atoms with Crippen molar-refractivity contribution < 1.29 is 0 Å². The summed E-state index contributed by atoms with van der Waals surface area (Å²) in [5, 5.41) is 0. The van der Waals surface area contributed by atoms with Crippen molar-refractivity contribution in [3.8, 4) is 0 Å². The van der Waals surface area contributed by atoms with Gasteiger partial charge in [0.2, 0.25) is 0 Å². The van der Waals surface area contributed by atoms with Gasteiger partial charge in [0.05, 0.1) is 6.34 Å². The van der Waals surface area contributed by atoms with Crippen molar-refractivity contribution >= 4 is 12.2 Å². The zero-order chi connectivity index (χ0) is 10.6.